The Balaban J connectivity index is 3.18. The Morgan fingerprint density at radius 3 is 2.10 bits per heavy atom. The number of ketones is 1. The highest BCUT2D eigenvalue weighted by molar-refractivity contribution is 5.99. The van der Waals surface area contributed by atoms with Gasteiger partial charge in [0.1, 0.15) is 5.75 Å². The van der Waals surface area contributed by atoms with Crippen molar-refractivity contribution in [2.75, 3.05) is 7.11 Å². The highest BCUT2D eigenvalue weighted by Gasteiger charge is 2.22. The summed E-state index contributed by atoms with van der Waals surface area (Å²) in [7, 11) is 1.63. The third kappa shape index (κ3) is 4.87. The fourth-order valence-electron chi connectivity index (χ4n) is 2.50. The summed E-state index contributed by atoms with van der Waals surface area (Å²) in [6, 6.07) is 4.02. The van der Waals surface area contributed by atoms with E-state index < -0.39 is 0 Å². The summed E-state index contributed by atoms with van der Waals surface area (Å²) in [6.45, 7) is 15.1. The summed E-state index contributed by atoms with van der Waals surface area (Å²) in [5.74, 6) is 0.867. The maximum Gasteiger partial charge on any atom is 0.166 e. The van der Waals surface area contributed by atoms with Crippen molar-refractivity contribution in [2.45, 2.75) is 66.7 Å². The Bertz CT molecular complexity index is 514. The number of ether oxygens (including phenoxy) is 1. The summed E-state index contributed by atoms with van der Waals surface area (Å²) in [5.41, 5.74) is 3.29. The van der Waals surface area contributed by atoms with E-state index in [1.54, 1.807) is 7.11 Å². The molecule has 0 radical (unpaired) electrons. The van der Waals surface area contributed by atoms with E-state index in [9.17, 15) is 4.79 Å². The van der Waals surface area contributed by atoms with Crippen molar-refractivity contribution in [3.8, 4) is 5.75 Å². The van der Waals surface area contributed by atoms with Crippen molar-refractivity contribution in [3.63, 3.8) is 0 Å². The van der Waals surface area contributed by atoms with Gasteiger partial charge in [0.2, 0.25) is 0 Å². The van der Waals surface area contributed by atoms with Gasteiger partial charge in [-0.15, -0.1) is 0 Å². The molecule has 0 aliphatic carbocycles. The Kier molecular flexibility index (Phi) is 5.25. The molecule has 0 bridgehead atoms. The molecule has 2 heteroatoms. The molecule has 2 nitrogen and oxygen atoms in total. The number of rotatable bonds is 4. The molecule has 0 aromatic heterocycles. The molecule has 0 saturated heterocycles. The highest BCUT2D eigenvalue weighted by atomic mass is 16.5. The molecule has 0 amide bonds. The van der Waals surface area contributed by atoms with Gasteiger partial charge in [-0.2, -0.15) is 0 Å². The number of Topliss-reactive ketones (excluding diaryl/α,β-unsaturated/α-hetero) is 1. The molecule has 0 N–H and O–H groups in total. The molecule has 0 spiro atoms. The molecule has 0 unspecified atom stereocenters. The van der Waals surface area contributed by atoms with E-state index in [0.717, 1.165) is 12.0 Å². The molecule has 1 rings (SSSR count). The molecule has 0 saturated carbocycles. The van der Waals surface area contributed by atoms with E-state index in [2.05, 4.69) is 48.5 Å². The lowest BCUT2D eigenvalue weighted by Gasteiger charge is -2.24. The second-order valence-electron chi connectivity index (χ2n) is 8.10. The van der Waals surface area contributed by atoms with Gasteiger partial charge < -0.3 is 4.74 Å². The third-order valence-corrected chi connectivity index (χ3v) is 3.76. The quantitative estimate of drug-likeness (QED) is 0.702. The number of methoxy groups -OCH3 is 1. The van der Waals surface area contributed by atoms with E-state index in [0.29, 0.717) is 12.2 Å². The van der Waals surface area contributed by atoms with Gasteiger partial charge in [-0.25, -0.2) is 0 Å². The van der Waals surface area contributed by atoms with Crippen molar-refractivity contribution in [1.29, 1.82) is 0 Å². The molecular formula is C19H30O2. The smallest absolute Gasteiger partial charge is 0.166 e. The molecule has 118 valence electrons. The van der Waals surface area contributed by atoms with Gasteiger partial charge >= 0.3 is 0 Å². The summed E-state index contributed by atoms with van der Waals surface area (Å²) in [6.07, 6.45) is 1.44. The Hall–Kier alpha value is -1.31. The van der Waals surface area contributed by atoms with E-state index >= 15 is 0 Å². The average Bonchev–Trinajstić information content (AvgIpc) is 2.33. The lowest BCUT2D eigenvalue weighted by atomic mass is 9.81. The van der Waals surface area contributed by atoms with Gasteiger partial charge in [0.15, 0.2) is 5.78 Å². The molecular weight excluding hydrogens is 260 g/mol. The maximum atomic E-state index is 12.6. The zero-order valence-corrected chi connectivity index (χ0v) is 14.9. The fraction of sp³-hybridized carbons (Fsp3) is 0.632. The van der Waals surface area contributed by atoms with Crippen LogP contribution in [0.2, 0.25) is 0 Å². The largest absolute Gasteiger partial charge is 0.496 e. The first kappa shape index (κ1) is 17.7. The molecule has 0 heterocycles. The first-order chi connectivity index (χ1) is 9.45. The van der Waals surface area contributed by atoms with E-state index in [4.69, 9.17) is 4.74 Å². The van der Waals surface area contributed by atoms with Crippen molar-refractivity contribution < 1.29 is 9.53 Å². The van der Waals surface area contributed by atoms with Crippen LogP contribution in [-0.4, -0.2) is 12.9 Å². The zero-order chi connectivity index (χ0) is 16.4. The van der Waals surface area contributed by atoms with Crippen LogP contribution in [-0.2, 0) is 5.41 Å². The van der Waals surface area contributed by atoms with Gasteiger partial charge in [-0.05, 0) is 47.4 Å². The molecule has 21 heavy (non-hydrogen) atoms. The van der Waals surface area contributed by atoms with Gasteiger partial charge in [0, 0.05) is 6.42 Å². The SMILES string of the molecule is COc1cc(C)c(C(C)(C)C)cc1C(=O)CCC(C)(C)C. The summed E-state index contributed by atoms with van der Waals surface area (Å²) >= 11 is 0. The predicted molar refractivity (Wildman–Crippen MR) is 89.5 cm³/mol. The van der Waals surface area contributed by atoms with Crippen molar-refractivity contribution in [3.05, 3.63) is 28.8 Å². The number of benzene rings is 1. The van der Waals surface area contributed by atoms with Crippen molar-refractivity contribution in [2.24, 2.45) is 5.41 Å². The van der Waals surface area contributed by atoms with E-state index in [1.165, 1.54) is 11.1 Å². The summed E-state index contributed by atoms with van der Waals surface area (Å²) in [5, 5.41) is 0. The van der Waals surface area contributed by atoms with Crippen LogP contribution < -0.4 is 4.74 Å². The molecule has 1 aromatic rings. The second kappa shape index (κ2) is 6.21. The Morgan fingerprint density at radius 2 is 1.67 bits per heavy atom. The monoisotopic (exact) mass is 290 g/mol. The minimum atomic E-state index is 0.0232. The second-order valence-corrected chi connectivity index (χ2v) is 8.10. The first-order valence-corrected chi connectivity index (χ1v) is 7.68. The van der Waals surface area contributed by atoms with Crippen LogP contribution in [0, 0.1) is 12.3 Å². The molecule has 1 aromatic carbocycles. The molecule has 0 aliphatic heterocycles. The van der Waals surface area contributed by atoms with Gasteiger partial charge in [0.05, 0.1) is 12.7 Å². The van der Waals surface area contributed by atoms with E-state index in [1.807, 2.05) is 12.1 Å². The highest BCUT2D eigenvalue weighted by Crippen LogP contribution is 2.33. The molecule has 0 fully saturated rings. The van der Waals surface area contributed by atoms with Gasteiger partial charge in [-0.3, -0.25) is 4.79 Å². The summed E-state index contributed by atoms with van der Waals surface area (Å²) in [4.78, 5) is 12.6. The number of hydrogen-bond donors (Lipinski definition) is 0. The molecule has 0 atom stereocenters. The van der Waals surface area contributed by atoms with Crippen LogP contribution in [0.25, 0.3) is 0 Å². The maximum absolute atomic E-state index is 12.6. The minimum absolute atomic E-state index is 0.0232. The third-order valence-electron chi connectivity index (χ3n) is 3.76. The van der Waals surface area contributed by atoms with E-state index in [-0.39, 0.29) is 16.6 Å². The van der Waals surface area contributed by atoms with Crippen LogP contribution in [0.3, 0.4) is 0 Å². The first-order valence-electron chi connectivity index (χ1n) is 7.68. The number of aryl methyl sites for hydroxylation is 1. The normalized spacial score (nSPS) is 12.4. The van der Waals surface area contributed by atoms with Crippen LogP contribution in [0.15, 0.2) is 12.1 Å². The average molecular weight is 290 g/mol. The Morgan fingerprint density at radius 1 is 1.10 bits per heavy atom. The number of carbonyl (C=O) groups is 1. The predicted octanol–water partition coefficient (Wildman–Crippen LogP) is 5.31. The zero-order valence-electron chi connectivity index (χ0n) is 14.9. The number of hydrogen-bond acceptors (Lipinski definition) is 2. The lowest BCUT2D eigenvalue weighted by Crippen LogP contribution is -2.16. The Labute approximate surface area is 129 Å². The minimum Gasteiger partial charge on any atom is -0.496 e. The van der Waals surface area contributed by atoms with Crippen molar-refractivity contribution >= 4 is 5.78 Å². The van der Waals surface area contributed by atoms with Crippen LogP contribution in [0.5, 0.6) is 5.75 Å². The van der Waals surface area contributed by atoms with Crippen LogP contribution in [0.1, 0.15) is 75.9 Å². The lowest BCUT2D eigenvalue weighted by molar-refractivity contribution is 0.0963. The number of carbonyl (C=O) groups excluding carboxylic acids is 1. The van der Waals surface area contributed by atoms with Crippen LogP contribution >= 0.6 is 0 Å². The standard InChI is InChI=1S/C19H30O2/c1-13-11-17(21-8)14(12-15(13)19(5,6)7)16(20)9-10-18(2,3)4/h11-12H,9-10H2,1-8H3. The summed E-state index contributed by atoms with van der Waals surface area (Å²) < 4.78 is 5.43. The van der Waals surface area contributed by atoms with Crippen LogP contribution in [0.4, 0.5) is 0 Å². The van der Waals surface area contributed by atoms with Gasteiger partial charge in [-0.1, -0.05) is 41.5 Å². The fourth-order valence-corrected chi connectivity index (χ4v) is 2.50. The molecule has 0 aliphatic rings. The van der Waals surface area contributed by atoms with Gasteiger partial charge in [0.25, 0.3) is 0 Å². The topological polar surface area (TPSA) is 26.3 Å². The van der Waals surface area contributed by atoms with Crippen molar-refractivity contribution in [1.82, 2.24) is 0 Å².